The molecule has 4 atom stereocenters. The highest BCUT2D eigenvalue weighted by Crippen LogP contribution is 2.49. The summed E-state index contributed by atoms with van der Waals surface area (Å²) in [5.74, 6) is 0.422. The fourth-order valence-corrected chi connectivity index (χ4v) is 5.72. The molecule has 2 aromatic rings. The van der Waals surface area contributed by atoms with E-state index >= 15 is 0 Å². The number of nitrogens with zero attached hydrogens (tertiary/aromatic N) is 2. The van der Waals surface area contributed by atoms with E-state index in [1.807, 2.05) is 44.2 Å². The highest BCUT2D eigenvalue weighted by Gasteiger charge is 2.53. The van der Waals surface area contributed by atoms with Crippen LogP contribution in [0.25, 0.3) is 0 Å². The molecule has 150 valence electrons. The molecule has 0 radical (unpaired) electrons. The van der Waals surface area contributed by atoms with Gasteiger partial charge in [-0.05, 0) is 44.6 Å². The number of benzene rings is 1. The third kappa shape index (κ3) is 2.84. The van der Waals surface area contributed by atoms with Gasteiger partial charge in [-0.2, -0.15) is 0 Å². The number of carbonyl (C=O) groups excluding carboxylic acids is 2. The molecule has 1 aromatic heterocycles. The zero-order valence-electron chi connectivity index (χ0n) is 16.8. The van der Waals surface area contributed by atoms with Gasteiger partial charge in [0, 0.05) is 4.88 Å². The Labute approximate surface area is 174 Å². The van der Waals surface area contributed by atoms with Crippen LogP contribution in [0.3, 0.4) is 0 Å². The van der Waals surface area contributed by atoms with Crippen molar-refractivity contribution in [3.63, 3.8) is 0 Å². The van der Waals surface area contributed by atoms with Crippen molar-refractivity contribution in [3.05, 3.63) is 57.8 Å². The summed E-state index contributed by atoms with van der Waals surface area (Å²) in [5, 5.41) is 0.626. The molecule has 3 aliphatic rings. The number of anilines is 1. The smallest absolute Gasteiger partial charge is 0.296 e. The Morgan fingerprint density at radius 3 is 2.59 bits per heavy atom. The summed E-state index contributed by atoms with van der Waals surface area (Å²) < 4.78 is 6.23. The van der Waals surface area contributed by atoms with Gasteiger partial charge in [-0.25, -0.2) is 4.98 Å². The van der Waals surface area contributed by atoms with E-state index in [0.717, 1.165) is 35.4 Å². The lowest BCUT2D eigenvalue weighted by molar-refractivity contribution is -0.132. The molecule has 5 nitrogen and oxygen atoms in total. The molecule has 1 aromatic carbocycles. The van der Waals surface area contributed by atoms with Crippen LogP contribution in [-0.4, -0.2) is 22.8 Å². The number of ketones is 1. The molecule has 0 spiro atoms. The number of carbonyl (C=O) groups is 2. The lowest BCUT2D eigenvalue weighted by atomic mass is 9.74. The first-order chi connectivity index (χ1) is 14.0. The number of ether oxygens (including phenoxy) is 1. The van der Waals surface area contributed by atoms with Crippen molar-refractivity contribution in [1.82, 2.24) is 4.98 Å². The number of hydrogen-bond donors (Lipinski definition) is 0. The second-order valence-electron chi connectivity index (χ2n) is 8.41. The molecule has 3 heterocycles. The van der Waals surface area contributed by atoms with Crippen LogP contribution in [0.2, 0.25) is 0 Å². The zero-order chi connectivity index (χ0) is 20.3. The second kappa shape index (κ2) is 6.80. The van der Waals surface area contributed by atoms with Crippen LogP contribution in [0.1, 0.15) is 48.4 Å². The van der Waals surface area contributed by atoms with E-state index < -0.39 is 6.04 Å². The third-order valence-corrected chi connectivity index (χ3v) is 7.52. The number of amides is 1. The first-order valence-corrected chi connectivity index (χ1v) is 11.0. The molecule has 1 amide bonds. The van der Waals surface area contributed by atoms with Gasteiger partial charge in [0.05, 0.1) is 23.2 Å². The molecule has 0 bridgehead atoms. The lowest BCUT2D eigenvalue weighted by Crippen LogP contribution is -2.41. The Morgan fingerprint density at radius 1 is 1.14 bits per heavy atom. The van der Waals surface area contributed by atoms with E-state index in [-0.39, 0.29) is 29.5 Å². The van der Waals surface area contributed by atoms with Gasteiger partial charge in [0.1, 0.15) is 6.10 Å². The van der Waals surface area contributed by atoms with E-state index in [2.05, 4.69) is 11.9 Å². The van der Waals surface area contributed by atoms with Gasteiger partial charge in [0.15, 0.2) is 16.7 Å². The van der Waals surface area contributed by atoms with Crippen LogP contribution in [0, 0.1) is 25.7 Å². The summed E-state index contributed by atoms with van der Waals surface area (Å²) in [7, 11) is 0. The number of hydrogen-bond acceptors (Lipinski definition) is 5. The molecule has 1 saturated carbocycles. The van der Waals surface area contributed by atoms with Gasteiger partial charge in [-0.1, -0.05) is 37.3 Å². The highest BCUT2D eigenvalue weighted by molar-refractivity contribution is 7.15. The largest absolute Gasteiger partial charge is 0.483 e. The molecule has 5 rings (SSSR count). The number of rotatable bonds is 2. The molecule has 0 saturated heterocycles. The van der Waals surface area contributed by atoms with Crippen molar-refractivity contribution in [2.75, 3.05) is 4.90 Å². The van der Waals surface area contributed by atoms with Crippen LogP contribution < -0.4 is 4.90 Å². The third-order valence-electron chi connectivity index (χ3n) is 6.45. The van der Waals surface area contributed by atoms with E-state index in [1.54, 1.807) is 4.90 Å². The van der Waals surface area contributed by atoms with Gasteiger partial charge in [0.2, 0.25) is 0 Å². The number of fused-ring (bicyclic) bond motifs is 1. The summed E-state index contributed by atoms with van der Waals surface area (Å²) in [4.78, 5) is 34.5. The highest BCUT2D eigenvalue weighted by atomic mass is 32.1. The van der Waals surface area contributed by atoms with Crippen molar-refractivity contribution < 1.29 is 14.3 Å². The SMILES string of the molecule is Cc1nc(N2C(=O)C3=C(C(=O)C4CC(C)CCC4O3)C2c2ccccc2)sc1C. The standard InChI is InChI=1S/C23H24N2O3S/c1-12-9-10-17-16(11-12)20(26)18-19(15-7-5-4-6-8-15)25(22(27)21(18)28-17)23-24-13(2)14(3)29-23/h4-8,12,16-17,19H,9-11H2,1-3H3. The van der Waals surface area contributed by atoms with Crippen LogP contribution in [-0.2, 0) is 14.3 Å². The topological polar surface area (TPSA) is 59.5 Å². The summed E-state index contributed by atoms with van der Waals surface area (Å²) in [5.41, 5.74) is 2.34. The fraction of sp³-hybridized carbons (Fsp3) is 0.435. The average Bonchev–Trinajstić information content (AvgIpc) is 3.20. The van der Waals surface area contributed by atoms with Crippen LogP contribution in [0.15, 0.2) is 41.7 Å². The quantitative estimate of drug-likeness (QED) is 0.734. The maximum absolute atomic E-state index is 13.6. The number of aromatic nitrogens is 1. The number of aryl methyl sites for hydroxylation is 2. The summed E-state index contributed by atoms with van der Waals surface area (Å²) in [6.07, 6.45) is 2.50. The molecular weight excluding hydrogens is 384 g/mol. The molecule has 1 fully saturated rings. The Hall–Kier alpha value is -2.47. The first-order valence-electron chi connectivity index (χ1n) is 10.2. The second-order valence-corrected chi connectivity index (χ2v) is 9.60. The minimum atomic E-state index is -0.477. The zero-order valence-corrected chi connectivity index (χ0v) is 17.7. The Kier molecular flexibility index (Phi) is 4.35. The van der Waals surface area contributed by atoms with Crippen LogP contribution in [0.5, 0.6) is 0 Å². The molecule has 6 heteroatoms. The van der Waals surface area contributed by atoms with E-state index in [4.69, 9.17) is 4.74 Å². The van der Waals surface area contributed by atoms with E-state index in [9.17, 15) is 9.59 Å². The van der Waals surface area contributed by atoms with E-state index in [1.165, 1.54) is 11.3 Å². The Morgan fingerprint density at radius 2 is 1.90 bits per heavy atom. The van der Waals surface area contributed by atoms with Crippen molar-refractivity contribution in [1.29, 1.82) is 0 Å². The van der Waals surface area contributed by atoms with E-state index in [0.29, 0.717) is 16.6 Å². The Bertz CT molecular complexity index is 1010. The predicted octanol–water partition coefficient (Wildman–Crippen LogP) is 4.51. The van der Waals surface area contributed by atoms with Gasteiger partial charge >= 0.3 is 0 Å². The van der Waals surface area contributed by atoms with Crippen molar-refractivity contribution >= 4 is 28.2 Å². The number of Topliss-reactive ketones (excluding diaryl/α,β-unsaturated/α-hetero) is 1. The monoisotopic (exact) mass is 408 g/mol. The van der Waals surface area contributed by atoms with Gasteiger partial charge in [-0.3, -0.25) is 14.5 Å². The summed E-state index contributed by atoms with van der Waals surface area (Å²) >= 11 is 1.49. The molecule has 2 aliphatic heterocycles. The Balaban J connectivity index is 1.65. The van der Waals surface area contributed by atoms with Gasteiger partial charge in [0.25, 0.3) is 5.91 Å². The minimum Gasteiger partial charge on any atom is -0.483 e. The maximum Gasteiger partial charge on any atom is 0.296 e. The van der Waals surface area contributed by atoms with Crippen molar-refractivity contribution in [2.24, 2.45) is 11.8 Å². The van der Waals surface area contributed by atoms with Crippen molar-refractivity contribution in [3.8, 4) is 0 Å². The summed E-state index contributed by atoms with van der Waals surface area (Å²) in [6.45, 7) is 6.13. The normalized spacial score (nSPS) is 29.0. The maximum atomic E-state index is 13.6. The van der Waals surface area contributed by atoms with Gasteiger partial charge < -0.3 is 4.74 Å². The fourth-order valence-electron chi connectivity index (χ4n) is 4.78. The van der Waals surface area contributed by atoms with Crippen LogP contribution in [0.4, 0.5) is 5.13 Å². The van der Waals surface area contributed by atoms with Crippen molar-refractivity contribution in [2.45, 2.75) is 52.2 Å². The molecule has 0 N–H and O–H groups in total. The predicted molar refractivity (Wildman–Crippen MR) is 112 cm³/mol. The molecule has 29 heavy (non-hydrogen) atoms. The molecule has 1 aliphatic carbocycles. The summed E-state index contributed by atoms with van der Waals surface area (Å²) in [6, 6.07) is 9.28. The lowest BCUT2D eigenvalue weighted by Gasteiger charge is -2.37. The van der Waals surface area contributed by atoms with Gasteiger partial charge in [-0.15, -0.1) is 11.3 Å². The average molecular weight is 409 g/mol. The minimum absolute atomic E-state index is 0.0810. The van der Waals surface area contributed by atoms with Crippen LogP contribution >= 0.6 is 11.3 Å². The first kappa shape index (κ1) is 18.6. The molecule has 4 unspecified atom stereocenters. The molecular formula is C23H24N2O3S. The number of thiazole rings is 1.